The van der Waals surface area contributed by atoms with Gasteiger partial charge in [0.1, 0.15) is 0 Å². The van der Waals surface area contributed by atoms with Crippen molar-refractivity contribution in [1.82, 2.24) is 0 Å². The highest BCUT2D eigenvalue weighted by Gasteiger charge is 2.64. The lowest BCUT2D eigenvalue weighted by Crippen LogP contribution is -2.47. The molecular formula is C25H22BrN3O. The van der Waals surface area contributed by atoms with Crippen LogP contribution >= 0.6 is 15.9 Å². The Morgan fingerprint density at radius 2 is 1.70 bits per heavy atom. The van der Waals surface area contributed by atoms with Gasteiger partial charge in [0, 0.05) is 21.5 Å². The SMILES string of the molecule is CC(C)(C)C(=O)C1C(c2ccc(Br)cc2)C(C#N)(C#N)C2C=Cc3ccccc3N12. The van der Waals surface area contributed by atoms with Crippen LogP contribution in [0, 0.1) is 33.5 Å². The fourth-order valence-corrected chi connectivity index (χ4v) is 4.99. The zero-order valence-corrected chi connectivity index (χ0v) is 18.7. The molecule has 0 aromatic heterocycles. The van der Waals surface area contributed by atoms with Gasteiger partial charge in [0.05, 0.1) is 24.2 Å². The monoisotopic (exact) mass is 459 g/mol. The van der Waals surface area contributed by atoms with Gasteiger partial charge in [0.2, 0.25) is 0 Å². The summed E-state index contributed by atoms with van der Waals surface area (Å²) in [4.78, 5) is 15.8. The van der Waals surface area contributed by atoms with Crippen LogP contribution < -0.4 is 4.90 Å². The predicted molar refractivity (Wildman–Crippen MR) is 121 cm³/mol. The Bertz CT molecular complexity index is 1100. The number of halogens is 1. The number of hydrogen-bond donors (Lipinski definition) is 0. The Morgan fingerprint density at radius 3 is 2.30 bits per heavy atom. The lowest BCUT2D eigenvalue weighted by Gasteiger charge is -2.37. The summed E-state index contributed by atoms with van der Waals surface area (Å²) in [6, 6.07) is 19.0. The molecule has 0 radical (unpaired) electrons. The van der Waals surface area contributed by atoms with E-state index in [0.717, 1.165) is 21.3 Å². The van der Waals surface area contributed by atoms with Crippen molar-refractivity contribution in [2.75, 3.05) is 4.90 Å². The Hall–Kier alpha value is -2.89. The van der Waals surface area contributed by atoms with Crippen molar-refractivity contribution < 1.29 is 4.79 Å². The van der Waals surface area contributed by atoms with Crippen molar-refractivity contribution in [2.45, 2.75) is 38.8 Å². The number of anilines is 1. The van der Waals surface area contributed by atoms with Crippen molar-refractivity contribution in [3.8, 4) is 12.1 Å². The summed E-state index contributed by atoms with van der Waals surface area (Å²) in [5, 5.41) is 20.7. The second-order valence-electron chi connectivity index (χ2n) is 8.95. The molecule has 150 valence electrons. The first-order chi connectivity index (χ1) is 14.2. The number of ketones is 1. The van der Waals surface area contributed by atoms with Crippen LogP contribution in [0.15, 0.2) is 59.1 Å². The molecule has 0 amide bonds. The normalized spacial score (nSPS) is 23.8. The quantitative estimate of drug-likeness (QED) is 0.597. The van der Waals surface area contributed by atoms with Crippen LogP contribution in [0.1, 0.15) is 37.8 Å². The maximum atomic E-state index is 13.8. The molecule has 3 atom stereocenters. The van der Waals surface area contributed by atoms with Crippen LogP contribution in [0.2, 0.25) is 0 Å². The van der Waals surface area contributed by atoms with E-state index in [-0.39, 0.29) is 5.78 Å². The highest BCUT2D eigenvalue weighted by atomic mass is 79.9. The second-order valence-corrected chi connectivity index (χ2v) is 9.87. The first kappa shape index (κ1) is 20.4. The molecule has 1 fully saturated rings. The Morgan fingerprint density at radius 1 is 1.07 bits per heavy atom. The number of carbonyl (C=O) groups excluding carboxylic acids is 1. The number of nitriles is 2. The van der Waals surface area contributed by atoms with Crippen LogP contribution in [0.3, 0.4) is 0 Å². The van der Waals surface area contributed by atoms with Crippen molar-refractivity contribution >= 4 is 33.5 Å². The minimum atomic E-state index is -1.39. The molecular weight excluding hydrogens is 438 g/mol. The van der Waals surface area contributed by atoms with E-state index in [1.807, 2.05) is 86.4 Å². The fourth-order valence-electron chi connectivity index (χ4n) is 4.72. The number of rotatable bonds is 2. The van der Waals surface area contributed by atoms with Crippen molar-refractivity contribution in [3.63, 3.8) is 0 Å². The maximum absolute atomic E-state index is 13.8. The van der Waals surface area contributed by atoms with E-state index in [0.29, 0.717) is 0 Å². The third-order valence-corrected chi connectivity index (χ3v) is 6.68. The summed E-state index contributed by atoms with van der Waals surface area (Å²) in [5.74, 6) is -0.550. The maximum Gasteiger partial charge on any atom is 0.176 e. The smallest absolute Gasteiger partial charge is 0.176 e. The molecule has 0 N–H and O–H groups in total. The first-order valence-electron chi connectivity index (χ1n) is 9.92. The third-order valence-electron chi connectivity index (χ3n) is 6.15. The molecule has 0 aliphatic carbocycles. The number of carbonyl (C=O) groups is 1. The summed E-state index contributed by atoms with van der Waals surface area (Å²) < 4.78 is 0.908. The molecule has 30 heavy (non-hydrogen) atoms. The minimum absolute atomic E-state index is 0.0258. The van der Waals surface area contributed by atoms with Gasteiger partial charge < -0.3 is 4.90 Å². The first-order valence-corrected chi connectivity index (χ1v) is 10.7. The van der Waals surface area contributed by atoms with E-state index >= 15 is 0 Å². The highest BCUT2D eigenvalue weighted by molar-refractivity contribution is 9.10. The van der Waals surface area contributed by atoms with Crippen molar-refractivity contribution in [1.29, 1.82) is 10.5 Å². The molecule has 2 aromatic carbocycles. The van der Waals surface area contributed by atoms with Crippen molar-refractivity contribution in [2.24, 2.45) is 10.8 Å². The van der Waals surface area contributed by atoms with E-state index in [4.69, 9.17) is 0 Å². The molecule has 2 aromatic rings. The van der Waals surface area contributed by atoms with Crippen molar-refractivity contribution in [3.05, 3.63) is 70.2 Å². The van der Waals surface area contributed by atoms with Gasteiger partial charge in [0.15, 0.2) is 11.2 Å². The second kappa shape index (κ2) is 7.11. The van der Waals surface area contributed by atoms with Gasteiger partial charge in [-0.1, -0.05) is 79.2 Å². The summed E-state index contributed by atoms with van der Waals surface area (Å²) in [6.07, 6.45) is 3.87. The molecule has 2 aliphatic heterocycles. The largest absolute Gasteiger partial charge is 0.351 e. The summed E-state index contributed by atoms with van der Waals surface area (Å²) in [5.41, 5.74) is 0.691. The van der Waals surface area contributed by atoms with Gasteiger partial charge in [0.25, 0.3) is 0 Å². The average Bonchev–Trinajstić information content (AvgIpc) is 3.04. The summed E-state index contributed by atoms with van der Waals surface area (Å²) >= 11 is 3.46. The van der Waals surface area contributed by atoms with E-state index in [2.05, 4.69) is 28.1 Å². The molecule has 1 saturated heterocycles. The topological polar surface area (TPSA) is 67.9 Å². The summed E-state index contributed by atoms with van der Waals surface area (Å²) in [6.45, 7) is 5.69. The van der Waals surface area contributed by atoms with E-state index in [1.54, 1.807) is 0 Å². The molecule has 4 nitrogen and oxygen atoms in total. The molecule has 2 aliphatic rings. The van der Waals surface area contributed by atoms with E-state index < -0.39 is 28.8 Å². The van der Waals surface area contributed by atoms with Crippen LogP contribution in [0.5, 0.6) is 0 Å². The molecule has 0 saturated carbocycles. The van der Waals surface area contributed by atoms with E-state index in [9.17, 15) is 15.3 Å². The summed E-state index contributed by atoms with van der Waals surface area (Å²) in [7, 11) is 0. The van der Waals surface area contributed by atoms with Crippen LogP contribution in [0.4, 0.5) is 5.69 Å². The molecule has 0 bridgehead atoms. The minimum Gasteiger partial charge on any atom is -0.351 e. The number of benzene rings is 2. The highest BCUT2D eigenvalue weighted by Crippen LogP contribution is 2.56. The zero-order chi connectivity index (χ0) is 21.7. The number of Topliss-reactive ketones (excluding diaryl/α,β-unsaturated/α-hetero) is 1. The van der Waals surface area contributed by atoms with Crippen LogP contribution in [-0.2, 0) is 4.79 Å². The fraction of sp³-hybridized carbons (Fsp3) is 0.320. The third kappa shape index (κ3) is 2.89. The molecule has 0 spiro atoms. The van der Waals surface area contributed by atoms with Crippen LogP contribution in [-0.4, -0.2) is 17.9 Å². The average molecular weight is 460 g/mol. The number of para-hydroxylation sites is 1. The van der Waals surface area contributed by atoms with Gasteiger partial charge in [-0.25, -0.2) is 0 Å². The lowest BCUT2D eigenvalue weighted by molar-refractivity contribution is -0.127. The number of fused-ring (bicyclic) bond motifs is 3. The standard InChI is InChI=1S/C25H22BrN3O/c1-24(2,3)23(30)22-21(17-8-11-18(26)12-9-17)25(14-27,15-28)20-13-10-16-6-4-5-7-19(16)29(20)22/h4-13,20-22H,1-3H3. The Balaban J connectivity index is 2.02. The molecule has 4 rings (SSSR count). The number of nitrogens with zero attached hydrogens (tertiary/aromatic N) is 3. The van der Waals surface area contributed by atoms with Crippen LogP contribution in [0.25, 0.3) is 6.08 Å². The predicted octanol–water partition coefficient (Wildman–Crippen LogP) is 5.47. The van der Waals surface area contributed by atoms with Gasteiger partial charge in [-0.05, 0) is 29.3 Å². The molecule has 2 heterocycles. The van der Waals surface area contributed by atoms with E-state index in [1.165, 1.54) is 0 Å². The van der Waals surface area contributed by atoms with Gasteiger partial charge >= 0.3 is 0 Å². The van der Waals surface area contributed by atoms with Gasteiger partial charge in [-0.3, -0.25) is 4.79 Å². The Labute approximate surface area is 185 Å². The van der Waals surface area contributed by atoms with Gasteiger partial charge in [-0.15, -0.1) is 0 Å². The van der Waals surface area contributed by atoms with Gasteiger partial charge in [-0.2, -0.15) is 10.5 Å². The lowest BCUT2D eigenvalue weighted by atomic mass is 9.68. The molecule has 3 unspecified atom stereocenters. The number of hydrogen-bond acceptors (Lipinski definition) is 4. The Kier molecular flexibility index (Phi) is 4.83. The zero-order valence-electron chi connectivity index (χ0n) is 17.1. The molecule has 5 heteroatoms.